The fourth-order valence-corrected chi connectivity index (χ4v) is 22.9. The van der Waals surface area contributed by atoms with E-state index < -0.39 is 40.1 Å². The monoisotopic (exact) mass is 2040 g/mol. The predicted molar refractivity (Wildman–Crippen MR) is 546 cm³/mol. The van der Waals surface area contributed by atoms with Gasteiger partial charge in [-0.2, -0.15) is 0 Å². The van der Waals surface area contributed by atoms with Gasteiger partial charge >= 0.3 is 6.09 Å². The SMILES string of the molecule is CC(C)COC(=O)N1CCN([C@H]2CCN(c3ccc(S(=O)(=O)Nc4nccs4)cc3)C2=O)CC1.COc1cccc2ccn(C(C)C(=O)N3CCN(c4ccc(S(=O)(=O)Nc5ccncn5)cc4)CC3)c12.C[C@H](C(=O)N1CCN(c2ccc(S(=O)(=O)Nc3nncs3)cc2)CC1)N1CCCc2cc(Cl)ccc21.O=S(=O)(Nc1ccncn1)c1ccc(N2CCN(Cc3ccc(O)cc3Cl)CC2)cc1.[HH].[HH].[HH].[HH].[HH].[HH]. The Kier molecular flexibility index (Phi) is 32.5. The molecule has 12 aromatic rings. The number of aromatic nitrogens is 8. The summed E-state index contributed by atoms with van der Waals surface area (Å²) in [6.45, 7) is 21.1. The molecule has 5 N–H and O–H groups in total. The molecule has 1 unspecified atom stereocenters. The number of piperazine rings is 4. The molecule has 0 aliphatic carbocycles. The number of amides is 4. The van der Waals surface area contributed by atoms with Crippen molar-refractivity contribution in [3.8, 4) is 11.5 Å². The van der Waals surface area contributed by atoms with Gasteiger partial charge in [-0.15, -0.1) is 21.5 Å². The number of aryl methyl sites for hydroxylation is 1. The number of benzene rings is 7. The highest BCUT2D eigenvalue weighted by Crippen LogP contribution is 2.36. The van der Waals surface area contributed by atoms with Gasteiger partial charge in [0.15, 0.2) is 5.13 Å². The van der Waals surface area contributed by atoms with Crippen LogP contribution in [0.4, 0.5) is 55.1 Å². The molecule has 138 heavy (non-hydrogen) atoms. The molecule has 0 spiro atoms. The number of ether oxygens (including phenoxy) is 2. The lowest BCUT2D eigenvalue weighted by atomic mass is 10.00. The van der Waals surface area contributed by atoms with Crippen LogP contribution < -0.4 is 48.1 Å². The van der Waals surface area contributed by atoms with E-state index in [1.165, 1.54) is 77.9 Å². The molecule has 6 aliphatic heterocycles. The lowest BCUT2D eigenvalue weighted by Gasteiger charge is -2.41. The number of aromatic hydroxyl groups is 1. The Balaban J connectivity index is 0.000000211. The van der Waals surface area contributed by atoms with E-state index in [1.807, 2.05) is 109 Å². The van der Waals surface area contributed by atoms with Crippen LogP contribution in [0.5, 0.6) is 11.5 Å². The Labute approximate surface area is 828 Å². The van der Waals surface area contributed by atoms with Crippen LogP contribution in [0, 0.1) is 5.92 Å². The zero-order chi connectivity index (χ0) is 97.4. The minimum Gasteiger partial charge on any atom is -0.508 e. The molecule has 11 heterocycles. The van der Waals surface area contributed by atoms with Gasteiger partial charge in [-0.1, -0.05) is 66.6 Å². The molecule has 0 bridgehead atoms. The summed E-state index contributed by atoms with van der Waals surface area (Å²) in [7, 11) is -13.3. The van der Waals surface area contributed by atoms with Crippen LogP contribution >= 0.6 is 45.9 Å². The molecule has 5 fully saturated rings. The fourth-order valence-electron chi connectivity index (χ4n) is 16.9. The minimum absolute atomic E-state index is 0. The molecular weight excluding hydrogens is 1930 g/mol. The van der Waals surface area contributed by atoms with Crippen LogP contribution in [0.2, 0.25) is 10.0 Å². The molecular formula is C93H118Cl2N22O15S6. The molecule has 45 heteroatoms. The van der Waals surface area contributed by atoms with Crippen LogP contribution in [-0.4, -0.2) is 270 Å². The predicted octanol–water partition coefficient (Wildman–Crippen LogP) is 13.5. The fraction of sp³-hybridized carbons (Fsp3) is 0.344. The number of carbonyl (C=O) groups excluding carboxylic acids is 4. The molecule has 5 aromatic heterocycles. The molecule has 3 atom stereocenters. The number of nitrogens with zero attached hydrogens (tertiary/aromatic N) is 18. The second-order valence-corrected chi connectivity index (χ2v) is 43.0. The number of nitrogens with one attached hydrogen (secondary N) is 4. The average Bonchev–Trinajstić information content (AvgIpc) is 1.65. The largest absolute Gasteiger partial charge is 0.508 e. The first-order valence-corrected chi connectivity index (χ1v) is 53.2. The van der Waals surface area contributed by atoms with Crippen LogP contribution in [0.25, 0.3) is 10.9 Å². The summed E-state index contributed by atoms with van der Waals surface area (Å²) in [5.41, 5.74) is 9.12. The Bertz CT molecular complexity index is 6690. The number of sulfonamides is 4. The van der Waals surface area contributed by atoms with Gasteiger partial charge in [-0.3, -0.25) is 43.1 Å². The molecule has 0 saturated carbocycles. The van der Waals surface area contributed by atoms with Crippen LogP contribution in [0.1, 0.15) is 66.3 Å². The highest BCUT2D eigenvalue weighted by atomic mass is 35.5. The molecule has 7 aromatic carbocycles. The minimum atomic E-state index is -3.76. The molecule has 6 aliphatic rings. The lowest BCUT2D eigenvalue weighted by Crippen LogP contribution is -2.55. The topological polar surface area (TPSA) is 419 Å². The maximum atomic E-state index is 13.4. The van der Waals surface area contributed by atoms with E-state index in [0.29, 0.717) is 114 Å². The van der Waals surface area contributed by atoms with Crippen molar-refractivity contribution in [2.24, 2.45) is 5.92 Å². The molecule has 4 amide bonds. The average molecular weight is 2050 g/mol. The van der Waals surface area contributed by atoms with Crippen molar-refractivity contribution in [1.29, 1.82) is 0 Å². The number of methoxy groups -OCH3 is 1. The number of carbonyl (C=O) groups is 4. The van der Waals surface area contributed by atoms with Gasteiger partial charge in [0, 0.05) is 207 Å². The third-order valence-electron chi connectivity index (χ3n) is 24.3. The number of rotatable bonds is 26. The normalized spacial score (nSPS) is 16.7. The van der Waals surface area contributed by atoms with Crippen molar-refractivity contribution in [1.82, 2.24) is 64.2 Å². The van der Waals surface area contributed by atoms with Gasteiger partial charge in [0.05, 0.1) is 44.9 Å². The van der Waals surface area contributed by atoms with E-state index in [1.54, 1.807) is 107 Å². The van der Waals surface area contributed by atoms with Crippen molar-refractivity contribution in [2.45, 2.75) is 91.2 Å². The lowest BCUT2D eigenvalue weighted by molar-refractivity contribution is -0.134. The smallest absolute Gasteiger partial charge is 0.409 e. The molecule has 740 valence electrons. The van der Waals surface area contributed by atoms with Gasteiger partial charge in [0.1, 0.15) is 53.4 Å². The summed E-state index contributed by atoms with van der Waals surface area (Å²) in [6, 6.07) is 47.5. The number of phenolic OH excluding ortho intramolecular Hbond substituents is 1. The number of fused-ring (bicyclic) bond motifs is 2. The van der Waals surface area contributed by atoms with E-state index in [9.17, 15) is 58.0 Å². The quantitative estimate of drug-likeness (QED) is 0.0336. The highest BCUT2D eigenvalue weighted by Gasteiger charge is 2.40. The first kappa shape index (κ1) is 99.9. The number of phenols is 1. The Morgan fingerprint density at radius 3 is 1.56 bits per heavy atom. The first-order valence-electron chi connectivity index (χ1n) is 44.7. The number of hydrogen-bond acceptors (Lipinski definition) is 30. The third-order valence-corrected chi connectivity index (χ3v) is 31.9. The number of para-hydroxylation sites is 1. The zero-order valence-corrected chi connectivity index (χ0v) is 82.7. The van der Waals surface area contributed by atoms with Crippen LogP contribution in [0.15, 0.2) is 238 Å². The van der Waals surface area contributed by atoms with E-state index in [4.69, 9.17) is 32.7 Å². The highest BCUT2D eigenvalue weighted by molar-refractivity contribution is 7.93. The zero-order valence-electron chi connectivity index (χ0n) is 76.3. The second-order valence-electron chi connectivity index (χ2n) is 33.7. The van der Waals surface area contributed by atoms with Gasteiger partial charge < -0.3 is 58.3 Å². The summed E-state index contributed by atoms with van der Waals surface area (Å²) in [5, 5.41) is 21.4. The Morgan fingerprint density at radius 1 is 0.536 bits per heavy atom. The van der Waals surface area contributed by atoms with Crippen LogP contribution in [0.3, 0.4) is 0 Å². The van der Waals surface area contributed by atoms with Gasteiger partial charge in [-0.05, 0) is 202 Å². The molecule has 5 saturated heterocycles. The number of anilines is 9. The maximum absolute atomic E-state index is 13.4. The molecule has 37 nitrogen and oxygen atoms in total. The second kappa shape index (κ2) is 44.9. The summed E-state index contributed by atoms with van der Waals surface area (Å²) in [6.07, 6.45) is 11.3. The van der Waals surface area contributed by atoms with Gasteiger partial charge in [0.2, 0.25) is 22.9 Å². The number of thiazole rings is 1. The van der Waals surface area contributed by atoms with E-state index >= 15 is 0 Å². The van der Waals surface area contributed by atoms with Gasteiger partial charge in [-0.25, -0.2) is 63.4 Å². The van der Waals surface area contributed by atoms with Crippen molar-refractivity contribution in [2.75, 3.05) is 175 Å². The summed E-state index contributed by atoms with van der Waals surface area (Å²) in [5.74, 6) is 1.80. The van der Waals surface area contributed by atoms with Crippen molar-refractivity contribution in [3.05, 3.63) is 239 Å². The number of hydrogen-bond donors (Lipinski definition) is 5. The number of halogens is 2. The van der Waals surface area contributed by atoms with Gasteiger partial charge in [0.25, 0.3) is 40.1 Å². The Morgan fingerprint density at radius 2 is 1.06 bits per heavy atom. The van der Waals surface area contributed by atoms with Crippen molar-refractivity contribution >= 4 is 171 Å². The summed E-state index contributed by atoms with van der Waals surface area (Å²) >= 11 is 14.7. The van der Waals surface area contributed by atoms with Crippen molar-refractivity contribution in [3.63, 3.8) is 0 Å². The van der Waals surface area contributed by atoms with E-state index in [-0.39, 0.29) is 98.5 Å². The van der Waals surface area contributed by atoms with E-state index in [0.717, 1.165) is 113 Å². The standard InChI is InChI=1S/C26H28N6O4S.C24H27ClN6O3S2.C22H29N5O5S2.C21H22ClN5O3S.6H2/c1-19(32-13-11-20-4-3-5-23(36-2)25(20)32)26(33)31-16-14-30(15-17-31)21-6-8-22(9-7-21)37(34,35)29-24-10-12-27-18-28-24;1-17(31-10-2-3-18-15-19(25)4-9-22(18)31)23(32)30-13-11-29(12-14-30)20-5-7-21(8-6-20)36(33,34)28-24-27-26-16-35-24;1-16(2)15-32-22(29)26-12-10-25(11-13-26)19-7-9-27(20(19)28)17-3-5-18(6-4-17)34(30,31)24-21-23-8-14-33-21;22-20-13-18(28)4-1-16(20)14-26-9-11-27(12-10-26)17-2-5-19(6-3-17)31(29,30)25-21-7-8-23-15-24-21;;;;;;/h3-13,18-19H,14-17H2,1-2H3,(H,27,28,29);4-9,15-17H,2-3,10-14H2,1H3,(H,27,28);3-6,8,14,16,19H,7,9-13,15H2,1-2H3,(H,23,24);1-8,13,15,28H,9-12,14H2,(H,23,24,25);6*1H/t;17-;19-;;;;;;;/m.10......./s1. The summed E-state index contributed by atoms with van der Waals surface area (Å²) < 4.78 is 123. The molecule has 0 radical (unpaired) electrons. The van der Waals surface area contributed by atoms with E-state index in [2.05, 4.69) is 83.4 Å². The third kappa shape index (κ3) is 24.9. The maximum Gasteiger partial charge on any atom is 0.409 e. The Hall–Kier alpha value is -12.6. The van der Waals surface area contributed by atoms with Crippen LogP contribution in [-0.2, 0) is 72.2 Å². The van der Waals surface area contributed by atoms with Crippen molar-refractivity contribution < 1.29 is 76.0 Å². The first-order chi connectivity index (χ1) is 66.3. The summed E-state index contributed by atoms with van der Waals surface area (Å²) in [4.78, 5) is 92.3. The molecule has 18 rings (SSSR count).